The first-order valence-corrected chi connectivity index (χ1v) is 5.89. The van der Waals surface area contributed by atoms with E-state index in [0.29, 0.717) is 17.7 Å². The molecule has 0 heterocycles. The van der Waals surface area contributed by atoms with Crippen LogP contribution < -0.4 is 11.1 Å². The van der Waals surface area contributed by atoms with Crippen LogP contribution >= 0.6 is 0 Å². The first-order chi connectivity index (χ1) is 8.10. The number of para-hydroxylation sites is 1. The number of phenols is 1. The molecule has 4 nitrogen and oxygen atoms in total. The van der Waals surface area contributed by atoms with Gasteiger partial charge in [0.2, 0.25) is 0 Å². The molecular weight excluding hydrogens is 216 g/mol. The van der Waals surface area contributed by atoms with Crippen molar-refractivity contribution in [3.05, 3.63) is 29.3 Å². The molecule has 1 rings (SSSR count). The van der Waals surface area contributed by atoms with Gasteiger partial charge < -0.3 is 16.2 Å². The summed E-state index contributed by atoms with van der Waals surface area (Å²) in [7, 11) is 0. The topological polar surface area (TPSA) is 75.3 Å². The molecule has 1 unspecified atom stereocenters. The van der Waals surface area contributed by atoms with Gasteiger partial charge >= 0.3 is 0 Å². The van der Waals surface area contributed by atoms with Crippen molar-refractivity contribution in [1.82, 2.24) is 5.32 Å². The molecule has 0 radical (unpaired) electrons. The summed E-state index contributed by atoms with van der Waals surface area (Å²) in [5, 5.41) is 12.7. The van der Waals surface area contributed by atoms with E-state index in [4.69, 9.17) is 5.73 Å². The van der Waals surface area contributed by atoms with Gasteiger partial charge in [-0.3, -0.25) is 4.79 Å². The number of benzene rings is 1. The van der Waals surface area contributed by atoms with Crippen LogP contribution in [0.3, 0.4) is 0 Å². The smallest absolute Gasteiger partial charge is 0.255 e. The molecule has 0 bridgehead atoms. The maximum Gasteiger partial charge on any atom is 0.255 e. The van der Waals surface area contributed by atoms with Crippen molar-refractivity contribution in [3.8, 4) is 5.75 Å². The van der Waals surface area contributed by atoms with Gasteiger partial charge in [-0.1, -0.05) is 19.1 Å². The first-order valence-electron chi connectivity index (χ1n) is 5.89. The fourth-order valence-corrected chi connectivity index (χ4v) is 1.68. The fraction of sp³-hybridized carbons (Fsp3) is 0.462. The van der Waals surface area contributed by atoms with Crippen molar-refractivity contribution in [2.75, 3.05) is 6.54 Å². The number of nitrogens with one attached hydrogen (secondary N) is 1. The average molecular weight is 236 g/mol. The second-order valence-electron chi connectivity index (χ2n) is 4.13. The van der Waals surface area contributed by atoms with Crippen LogP contribution in [-0.4, -0.2) is 23.6 Å². The fourth-order valence-electron chi connectivity index (χ4n) is 1.68. The molecule has 0 aliphatic rings. The highest BCUT2D eigenvalue weighted by atomic mass is 16.3. The maximum atomic E-state index is 11.9. The lowest BCUT2D eigenvalue weighted by Gasteiger charge is -2.16. The summed E-state index contributed by atoms with van der Waals surface area (Å²) < 4.78 is 0. The molecule has 17 heavy (non-hydrogen) atoms. The largest absolute Gasteiger partial charge is 0.507 e. The summed E-state index contributed by atoms with van der Waals surface area (Å²) >= 11 is 0. The Hall–Kier alpha value is -1.55. The van der Waals surface area contributed by atoms with Gasteiger partial charge in [-0.15, -0.1) is 0 Å². The third kappa shape index (κ3) is 3.46. The minimum atomic E-state index is -0.244. The zero-order valence-corrected chi connectivity index (χ0v) is 10.4. The summed E-state index contributed by atoms with van der Waals surface area (Å²) in [6.07, 6.45) is 1.57. The van der Waals surface area contributed by atoms with Gasteiger partial charge in [0.05, 0.1) is 5.56 Å². The van der Waals surface area contributed by atoms with Crippen molar-refractivity contribution in [2.24, 2.45) is 5.73 Å². The quantitative estimate of drug-likeness (QED) is 0.726. The molecular formula is C13H20N2O2. The average Bonchev–Trinajstić information content (AvgIpc) is 2.31. The molecule has 1 aromatic rings. The van der Waals surface area contributed by atoms with Gasteiger partial charge in [0.15, 0.2) is 0 Å². The number of carbonyl (C=O) groups excluding carboxylic acids is 1. The summed E-state index contributed by atoms with van der Waals surface area (Å²) in [6, 6.07) is 5.21. The minimum absolute atomic E-state index is 0.0487. The Labute approximate surface area is 102 Å². The van der Waals surface area contributed by atoms with Crippen molar-refractivity contribution in [2.45, 2.75) is 32.7 Å². The van der Waals surface area contributed by atoms with Crippen molar-refractivity contribution >= 4 is 5.91 Å². The van der Waals surface area contributed by atoms with E-state index in [1.54, 1.807) is 25.1 Å². The molecule has 4 heteroatoms. The van der Waals surface area contributed by atoms with Gasteiger partial charge in [-0.2, -0.15) is 0 Å². The zero-order chi connectivity index (χ0) is 12.8. The molecule has 1 atom stereocenters. The SMILES string of the molecule is CCC(CCN)NC(=O)c1cccc(C)c1O. The van der Waals surface area contributed by atoms with Crippen LogP contribution in [0.5, 0.6) is 5.75 Å². The summed E-state index contributed by atoms with van der Waals surface area (Å²) in [5.74, 6) is -0.195. The third-order valence-corrected chi connectivity index (χ3v) is 2.83. The molecule has 0 aromatic heterocycles. The van der Waals surface area contributed by atoms with Gasteiger partial charge in [-0.25, -0.2) is 0 Å². The van der Waals surface area contributed by atoms with E-state index >= 15 is 0 Å². The van der Waals surface area contributed by atoms with Crippen molar-refractivity contribution in [1.29, 1.82) is 0 Å². The Balaban J connectivity index is 2.79. The predicted molar refractivity (Wildman–Crippen MR) is 68.1 cm³/mol. The number of carbonyl (C=O) groups is 1. The molecule has 4 N–H and O–H groups in total. The monoisotopic (exact) mass is 236 g/mol. The molecule has 0 aliphatic heterocycles. The molecule has 1 aromatic carbocycles. The molecule has 0 saturated heterocycles. The minimum Gasteiger partial charge on any atom is -0.507 e. The summed E-state index contributed by atoms with van der Waals surface area (Å²) in [5.41, 5.74) is 6.49. The number of phenolic OH excluding ortho intramolecular Hbond substituents is 1. The molecule has 0 aliphatic carbocycles. The van der Waals surface area contributed by atoms with Crippen LogP contribution in [0.25, 0.3) is 0 Å². The second kappa shape index (κ2) is 6.25. The summed E-state index contributed by atoms with van der Waals surface area (Å²) in [6.45, 7) is 4.30. The Morgan fingerprint density at radius 2 is 2.24 bits per heavy atom. The number of aryl methyl sites for hydroxylation is 1. The molecule has 94 valence electrons. The lowest BCUT2D eigenvalue weighted by atomic mass is 10.1. The molecule has 0 saturated carbocycles. The van der Waals surface area contributed by atoms with Crippen LogP contribution in [0.4, 0.5) is 0 Å². The molecule has 0 fully saturated rings. The van der Waals surface area contributed by atoms with Crippen molar-refractivity contribution < 1.29 is 9.90 Å². The lowest BCUT2D eigenvalue weighted by Crippen LogP contribution is -2.35. The van der Waals surface area contributed by atoms with Crippen LogP contribution in [0.1, 0.15) is 35.7 Å². The Bertz CT molecular complexity index is 391. The van der Waals surface area contributed by atoms with Gasteiger partial charge in [0.1, 0.15) is 5.75 Å². The lowest BCUT2D eigenvalue weighted by molar-refractivity contribution is 0.0931. The van der Waals surface area contributed by atoms with E-state index in [9.17, 15) is 9.90 Å². The number of rotatable bonds is 5. The predicted octanol–water partition coefficient (Wildman–Crippen LogP) is 1.56. The number of aromatic hydroxyl groups is 1. The van der Waals surface area contributed by atoms with E-state index < -0.39 is 0 Å². The standard InChI is InChI=1S/C13H20N2O2/c1-3-10(7-8-14)15-13(17)11-6-4-5-9(2)12(11)16/h4-6,10,16H,3,7-8,14H2,1-2H3,(H,15,17). The number of hydrogen-bond donors (Lipinski definition) is 3. The van der Waals surface area contributed by atoms with Crippen LogP contribution in [-0.2, 0) is 0 Å². The van der Waals surface area contributed by atoms with Crippen LogP contribution in [0.2, 0.25) is 0 Å². The second-order valence-corrected chi connectivity index (χ2v) is 4.13. The highest BCUT2D eigenvalue weighted by molar-refractivity contribution is 5.97. The number of amides is 1. The van der Waals surface area contributed by atoms with Gasteiger partial charge in [0.25, 0.3) is 5.91 Å². The Kier molecular flexibility index (Phi) is 4.97. The molecule has 1 amide bonds. The normalized spacial score (nSPS) is 12.2. The highest BCUT2D eigenvalue weighted by Crippen LogP contribution is 2.21. The van der Waals surface area contributed by atoms with E-state index in [1.165, 1.54) is 0 Å². The zero-order valence-electron chi connectivity index (χ0n) is 10.4. The van der Waals surface area contributed by atoms with E-state index in [0.717, 1.165) is 12.8 Å². The van der Waals surface area contributed by atoms with Gasteiger partial charge in [-0.05, 0) is 37.9 Å². The Morgan fingerprint density at radius 3 is 2.82 bits per heavy atom. The van der Waals surface area contributed by atoms with E-state index in [1.807, 2.05) is 6.92 Å². The van der Waals surface area contributed by atoms with E-state index in [2.05, 4.69) is 5.32 Å². The van der Waals surface area contributed by atoms with Gasteiger partial charge in [0, 0.05) is 6.04 Å². The van der Waals surface area contributed by atoms with Crippen molar-refractivity contribution in [3.63, 3.8) is 0 Å². The van der Waals surface area contributed by atoms with E-state index in [-0.39, 0.29) is 17.7 Å². The third-order valence-electron chi connectivity index (χ3n) is 2.83. The number of nitrogens with two attached hydrogens (primary N) is 1. The summed E-state index contributed by atoms with van der Waals surface area (Å²) in [4.78, 5) is 11.9. The Morgan fingerprint density at radius 1 is 1.53 bits per heavy atom. The number of hydrogen-bond acceptors (Lipinski definition) is 3. The maximum absolute atomic E-state index is 11.9. The van der Waals surface area contributed by atoms with Crippen LogP contribution in [0.15, 0.2) is 18.2 Å². The highest BCUT2D eigenvalue weighted by Gasteiger charge is 2.15. The van der Waals surface area contributed by atoms with Crippen LogP contribution in [0, 0.1) is 6.92 Å². The first kappa shape index (κ1) is 13.5. The molecule has 0 spiro atoms.